The summed E-state index contributed by atoms with van der Waals surface area (Å²) in [5.74, 6) is 1.17. The molecule has 2 N–H and O–H groups in total. The molecule has 4 nitrogen and oxygen atoms in total. The molecule has 0 aliphatic heterocycles. The molecule has 1 atom stereocenters. The smallest absolute Gasteiger partial charge is 0.179 e. The van der Waals surface area contributed by atoms with E-state index < -0.39 is 6.10 Å². The van der Waals surface area contributed by atoms with Crippen LogP contribution >= 0.6 is 11.6 Å². The number of benzene rings is 2. The lowest BCUT2D eigenvalue weighted by Gasteiger charge is -2.15. The average Bonchev–Trinajstić information content (AvgIpc) is 2.56. The maximum atomic E-state index is 10.1. The number of methoxy groups -OCH3 is 1. The Balaban J connectivity index is 0.00000288. The van der Waals surface area contributed by atoms with Gasteiger partial charge in [-0.25, -0.2) is 0 Å². The van der Waals surface area contributed by atoms with Crippen LogP contribution in [0.2, 0.25) is 5.02 Å². The van der Waals surface area contributed by atoms with Crippen molar-refractivity contribution in [3.63, 3.8) is 0 Å². The Bertz CT molecular complexity index is 623. The van der Waals surface area contributed by atoms with Crippen molar-refractivity contribution in [3.05, 3.63) is 58.6 Å². The zero-order valence-electron chi connectivity index (χ0n) is 13.8. The molecule has 2 aromatic carbocycles. The van der Waals surface area contributed by atoms with Gasteiger partial charge in [0, 0.05) is 13.1 Å². The monoisotopic (exact) mass is 370 g/mol. The summed E-state index contributed by atoms with van der Waals surface area (Å²) in [6.07, 6.45) is -0.545. The van der Waals surface area contributed by atoms with Crippen molar-refractivity contribution in [1.82, 2.24) is 5.32 Å². The van der Waals surface area contributed by atoms with Gasteiger partial charge in [-0.1, -0.05) is 41.9 Å². The molecule has 2 aromatic rings. The number of halogens is 2. The van der Waals surface area contributed by atoms with Gasteiger partial charge < -0.3 is 32.3 Å². The number of rotatable bonds is 8. The molecule has 0 radical (unpaired) electrons. The van der Waals surface area contributed by atoms with E-state index in [0.717, 1.165) is 11.1 Å². The topological polar surface area (TPSA) is 50.7 Å². The van der Waals surface area contributed by atoms with Crippen molar-refractivity contribution in [2.75, 3.05) is 20.3 Å². The molecule has 0 amide bonds. The number of aliphatic hydroxyl groups is 1. The highest BCUT2D eigenvalue weighted by Crippen LogP contribution is 2.36. The predicted molar refractivity (Wildman–Crippen MR) is 92.3 cm³/mol. The number of aliphatic hydroxyl groups excluding tert-OH is 1. The highest BCUT2D eigenvalue weighted by molar-refractivity contribution is 6.32. The summed E-state index contributed by atoms with van der Waals surface area (Å²) < 4.78 is 10.8. The van der Waals surface area contributed by atoms with Crippen molar-refractivity contribution in [2.24, 2.45) is 0 Å². The first-order valence-electron chi connectivity index (χ1n) is 7.58. The molecule has 0 fully saturated rings. The van der Waals surface area contributed by atoms with Crippen LogP contribution in [0.1, 0.15) is 24.2 Å². The maximum absolute atomic E-state index is 10.1. The predicted octanol–water partition coefficient (Wildman–Crippen LogP) is 0.574. The van der Waals surface area contributed by atoms with Gasteiger partial charge in [0.15, 0.2) is 11.5 Å². The zero-order valence-corrected chi connectivity index (χ0v) is 15.3. The lowest BCUT2D eigenvalue weighted by atomic mass is 10.1. The van der Waals surface area contributed by atoms with Crippen LogP contribution in [0.3, 0.4) is 0 Å². The Morgan fingerprint density at radius 3 is 2.54 bits per heavy atom. The first kappa shape index (κ1) is 20.6. The van der Waals surface area contributed by atoms with Crippen LogP contribution in [0.25, 0.3) is 0 Å². The third kappa shape index (κ3) is 5.56. The van der Waals surface area contributed by atoms with Crippen LogP contribution in [0.15, 0.2) is 42.5 Å². The van der Waals surface area contributed by atoms with Crippen LogP contribution in [-0.2, 0) is 6.54 Å². The molecule has 132 valence electrons. The Morgan fingerprint density at radius 2 is 1.92 bits per heavy atom. The fourth-order valence-electron chi connectivity index (χ4n) is 2.33. The summed E-state index contributed by atoms with van der Waals surface area (Å²) in [6.45, 7) is 3.48. The second-order valence-electron chi connectivity index (χ2n) is 5.10. The van der Waals surface area contributed by atoms with Crippen molar-refractivity contribution in [1.29, 1.82) is 0 Å². The Hall–Kier alpha value is -1.46. The van der Waals surface area contributed by atoms with Gasteiger partial charge in [0.2, 0.25) is 0 Å². The largest absolute Gasteiger partial charge is 1.00 e. The van der Waals surface area contributed by atoms with Crippen molar-refractivity contribution in [2.45, 2.75) is 19.6 Å². The lowest BCUT2D eigenvalue weighted by molar-refractivity contribution is -0.00000707. The second kappa shape index (κ2) is 10.4. The Labute approximate surface area is 154 Å². The minimum Gasteiger partial charge on any atom is -1.00 e. The third-order valence-corrected chi connectivity index (χ3v) is 3.71. The molecular weight excluding hydrogens is 349 g/mol. The normalized spacial score (nSPS) is 11.5. The van der Waals surface area contributed by atoms with Crippen LogP contribution in [0.5, 0.6) is 11.5 Å². The van der Waals surface area contributed by atoms with Gasteiger partial charge in [0.05, 0.1) is 24.8 Å². The second-order valence-corrected chi connectivity index (χ2v) is 5.51. The molecule has 0 spiro atoms. The van der Waals surface area contributed by atoms with E-state index in [0.29, 0.717) is 36.2 Å². The number of nitrogens with one attached hydrogen (secondary N) is 1. The minimum atomic E-state index is -0.545. The average molecular weight is 371 g/mol. The van der Waals surface area contributed by atoms with E-state index in [-0.39, 0.29) is 12.4 Å². The molecule has 1 unspecified atom stereocenters. The SMILES string of the molecule is CCOc1cc(CNCC(O)c2ccccc2)cc(Cl)c1OC.[Cl-]. The van der Waals surface area contributed by atoms with Gasteiger partial charge in [-0.3, -0.25) is 0 Å². The van der Waals surface area contributed by atoms with E-state index in [1.54, 1.807) is 7.11 Å². The van der Waals surface area contributed by atoms with E-state index >= 15 is 0 Å². The van der Waals surface area contributed by atoms with E-state index in [9.17, 15) is 5.11 Å². The summed E-state index contributed by atoms with van der Waals surface area (Å²) in [5.41, 5.74) is 1.86. The van der Waals surface area contributed by atoms with Crippen LogP contribution < -0.4 is 27.2 Å². The van der Waals surface area contributed by atoms with Gasteiger partial charge in [-0.05, 0) is 30.2 Å². The van der Waals surface area contributed by atoms with E-state index in [1.165, 1.54) is 0 Å². The van der Waals surface area contributed by atoms with E-state index in [1.807, 2.05) is 49.4 Å². The lowest BCUT2D eigenvalue weighted by Crippen LogP contribution is -3.00. The van der Waals surface area contributed by atoms with Crippen LogP contribution in [0.4, 0.5) is 0 Å². The van der Waals surface area contributed by atoms with Crippen molar-refractivity contribution in [3.8, 4) is 11.5 Å². The molecule has 0 saturated carbocycles. The first-order valence-corrected chi connectivity index (χ1v) is 7.96. The molecule has 0 bridgehead atoms. The van der Waals surface area contributed by atoms with Crippen LogP contribution in [-0.4, -0.2) is 25.4 Å². The maximum Gasteiger partial charge on any atom is 0.179 e. The highest BCUT2D eigenvalue weighted by atomic mass is 35.5. The van der Waals surface area contributed by atoms with Gasteiger partial charge in [-0.15, -0.1) is 0 Å². The molecule has 24 heavy (non-hydrogen) atoms. The van der Waals surface area contributed by atoms with Gasteiger partial charge >= 0.3 is 0 Å². The first-order chi connectivity index (χ1) is 11.2. The minimum absolute atomic E-state index is 0. The summed E-state index contributed by atoms with van der Waals surface area (Å²) in [4.78, 5) is 0. The summed E-state index contributed by atoms with van der Waals surface area (Å²) in [6, 6.07) is 13.3. The quantitative estimate of drug-likeness (QED) is 0.713. The summed E-state index contributed by atoms with van der Waals surface area (Å²) >= 11 is 6.23. The van der Waals surface area contributed by atoms with Crippen LogP contribution in [0, 0.1) is 0 Å². The third-order valence-electron chi connectivity index (χ3n) is 3.42. The molecule has 0 saturated heterocycles. The highest BCUT2D eigenvalue weighted by Gasteiger charge is 2.12. The van der Waals surface area contributed by atoms with E-state index in [2.05, 4.69) is 5.32 Å². The molecule has 0 aromatic heterocycles. The Morgan fingerprint density at radius 1 is 1.21 bits per heavy atom. The fourth-order valence-corrected chi connectivity index (χ4v) is 2.64. The molecule has 2 rings (SSSR count). The number of hydrogen-bond acceptors (Lipinski definition) is 4. The molecule has 0 aliphatic carbocycles. The van der Waals surface area contributed by atoms with Gasteiger partial charge in [-0.2, -0.15) is 0 Å². The van der Waals surface area contributed by atoms with Crippen molar-refractivity contribution >= 4 is 11.6 Å². The zero-order chi connectivity index (χ0) is 16.7. The molecule has 0 aliphatic rings. The summed E-state index contributed by atoms with van der Waals surface area (Å²) in [5, 5.41) is 13.9. The Kier molecular flexibility index (Phi) is 8.93. The number of ether oxygens (including phenoxy) is 2. The molecular formula is C18H22Cl2NO3-. The molecule has 0 heterocycles. The standard InChI is InChI=1S/C18H22ClNO3.ClH/c1-3-23-17-10-13(9-15(19)18(17)22-2)11-20-12-16(21)14-7-5-4-6-8-14;/h4-10,16,20-21H,3,11-12H2,1-2H3;1H/p-1. The molecule has 6 heteroatoms. The fraction of sp³-hybridized carbons (Fsp3) is 0.333. The summed E-state index contributed by atoms with van der Waals surface area (Å²) in [7, 11) is 1.57. The number of hydrogen-bond donors (Lipinski definition) is 2. The van der Waals surface area contributed by atoms with Crippen molar-refractivity contribution < 1.29 is 27.0 Å². The van der Waals surface area contributed by atoms with E-state index in [4.69, 9.17) is 21.1 Å². The van der Waals surface area contributed by atoms with Gasteiger partial charge in [0.25, 0.3) is 0 Å². The van der Waals surface area contributed by atoms with Gasteiger partial charge in [0.1, 0.15) is 0 Å².